The molecule has 1 aliphatic heterocycles. The number of benzene rings is 2. The molecule has 168 valence electrons. The predicted molar refractivity (Wildman–Crippen MR) is 123 cm³/mol. The van der Waals surface area contributed by atoms with Crippen molar-refractivity contribution in [3.8, 4) is 5.88 Å². The maximum Gasteiger partial charge on any atom is 0.416 e. The minimum atomic E-state index is -0.791. The van der Waals surface area contributed by atoms with E-state index >= 15 is 0 Å². The Balaban J connectivity index is 0.000000225. The van der Waals surface area contributed by atoms with Crippen LogP contribution in [-0.4, -0.2) is 48.2 Å². The summed E-state index contributed by atoms with van der Waals surface area (Å²) in [6, 6.07) is 24.9. The molecule has 0 aliphatic carbocycles. The average molecular weight is 436 g/mol. The van der Waals surface area contributed by atoms with Crippen LogP contribution in [-0.2, 0) is 16.0 Å². The molecule has 0 radical (unpaired) electrons. The van der Waals surface area contributed by atoms with Crippen LogP contribution < -0.4 is 10.5 Å². The van der Waals surface area contributed by atoms with E-state index in [0.717, 1.165) is 10.5 Å². The maximum absolute atomic E-state index is 11.9. The Bertz CT molecular complexity index is 908. The van der Waals surface area contributed by atoms with E-state index in [1.165, 1.54) is 12.7 Å². The molecule has 1 unspecified atom stereocenters. The van der Waals surface area contributed by atoms with Crippen LogP contribution in [0.15, 0.2) is 85.1 Å². The summed E-state index contributed by atoms with van der Waals surface area (Å²) in [6.07, 6.45) is 1.27. The number of amides is 2. The van der Waals surface area contributed by atoms with Gasteiger partial charge in [-0.05, 0) is 18.9 Å². The topological polar surface area (TPSA) is 94.8 Å². The van der Waals surface area contributed by atoms with Crippen LogP contribution in [0.1, 0.15) is 11.1 Å². The summed E-state index contributed by atoms with van der Waals surface area (Å²) in [7, 11) is 1.52. The highest BCUT2D eigenvalue weighted by molar-refractivity contribution is 5.95. The summed E-state index contributed by atoms with van der Waals surface area (Å²) in [4.78, 5) is 28.2. The van der Waals surface area contributed by atoms with Gasteiger partial charge in [-0.2, -0.15) is 0 Å². The number of hydrogen-bond acceptors (Lipinski definition) is 6. The molecule has 2 amide bonds. The Morgan fingerprint density at radius 3 is 2.06 bits per heavy atom. The molecule has 7 nitrogen and oxygen atoms in total. The van der Waals surface area contributed by atoms with E-state index in [9.17, 15) is 9.59 Å². The second-order valence-corrected chi connectivity index (χ2v) is 6.93. The summed E-state index contributed by atoms with van der Waals surface area (Å²) in [6.45, 7) is 2.56. The molecule has 7 heteroatoms. The van der Waals surface area contributed by atoms with E-state index in [1.807, 2.05) is 54.6 Å². The number of pyridine rings is 1. The summed E-state index contributed by atoms with van der Waals surface area (Å²) >= 11 is 0. The molecule has 1 atom stereocenters. The van der Waals surface area contributed by atoms with Crippen molar-refractivity contribution in [3.05, 3.63) is 96.2 Å². The number of ether oxygens (including phenoxy) is 2. The predicted octanol–water partition coefficient (Wildman–Crippen LogP) is 3.62. The van der Waals surface area contributed by atoms with Crippen molar-refractivity contribution in [1.82, 2.24) is 9.88 Å². The Hall–Kier alpha value is -3.71. The van der Waals surface area contributed by atoms with E-state index in [4.69, 9.17) is 15.2 Å². The highest BCUT2D eigenvalue weighted by Gasteiger charge is 2.31. The molecule has 0 spiro atoms. The lowest BCUT2D eigenvalue weighted by Crippen LogP contribution is -2.45. The van der Waals surface area contributed by atoms with Crippen LogP contribution in [0, 0.1) is 6.92 Å². The van der Waals surface area contributed by atoms with Crippen LogP contribution in [0.3, 0.4) is 0 Å². The zero-order chi connectivity index (χ0) is 23.2. The normalized spacial score (nSPS) is 13.0. The largest absolute Gasteiger partial charge is 0.481 e. The summed E-state index contributed by atoms with van der Waals surface area (Å²) < 4.78 is 9.64. The molecule has 1 saturated heterocycles. The number of aryl methyl sites for hydroxylation is 1. The molecule has 2 aromatic carbocycles. The van der Waals surface area contributed by atoms with Gasteiger partial charge in [-0.15, -0.1) is 0 Å². The number of imide groups is 1. The van der Waals surface area contributed by atoms with Gasteiger partial charge in [0.15, 0.2) is 0 Å². The second-order valence-electron chi connectivity index (χ2n) is 6.93. The van der Waals surface area contributed by atoms with Gasteiger partial charge < -0.3 is 15.2 Å². The van der Waals surface area contributed by atoms with E-state index in [0.29, 0.717) is 12.3 Å². The maximum atomic E-state index is 11.9. The monoisotopic (exact) mass is 435 g/mol. The van der Waals surface area contributed by atoms with Crippen LogP contribution in [0.4, 0.5) is 4.79 Å². The SMILES string of the molecule is COc1ccc(CC(N)C(=O)N2CCOC2=O)cn1.Cc1ccccc1.c1ccccc1. The molecule has 1 aromatic heterocycles. The van der Waals surface area contributed by atoms with Gasteiger partial charge in [0.05, 0.1) is 19.7 Å². The third-order valence-corrected chi connectivity index (χ3v) is 4.41. The minimum Gasteiger partial charge on any atom is -0.481 e. The fourth-order valence-corrected chi connectivity index (χ4v) is 2.71. The van der Waals surface area contributed by atoms with Crippen molar-refractivity contribution < 1.29 is 19.1 Å². The first-order valence-corrected chi connectivity index (χ1v) is 10.3. The van der Waals surface area contributed by atoms with Crippen molar-refractivity contribution in [2.75, 3.05) is 20.3 Å². The van der Waals surface area contributed by atoms with Gasteiger partial charge >= 0.3 is 6.09 Å². The van der Waals surface area contributed by atoms with Crippen molar-refractivity contribution >= 4 is 12.0 Å². The summed E-state index contributed by atoms with van der Waals surface area (Å²) in [5.41, 5.74) is 7.93. The van der Waals surface area contributed by atoms with Gasteiger partial charge in [0.1, 0.15) is 6.61 Å². The fraction of sp³-hybridized carbons (Fsp3) is 0.240. The van der Waals surface area contributed by atoms with Gasteiger partial charge in [-0.25, -0.2) is 14.7 Å². The van der Waals surface area contributed by atoms with E-state index in [-0.39, 0.29) is 13.2 Å². The Morgan fingerprint density at radius 1 is 1.06 bits per heavy atom. The van der Waals surface area contributed by atoms with Gasteiger partial charge in [0.2, 0.25) is 11.8 Å². The first kappa shape index (κ1) is 24.6. The molecule has 32 heavy (non-hydrogen) atoms. The number of carbonyl (C=O) groups is 2. The number of cyclic esters (lactones) is 1. The van der Waals surface area contributed by atoms with Crippen molar-refractivity contribution in [2.24, 2.45) is 5.73 Å². The summed E-state index contributed by atoms with van der Waals surface area (Å²) in [5, 5.41) is 0. The van der Waals surface area contributed by atoms with Crippen LogP contribution >= 0.6 is 0 Å². The molecule has 0 bridgehead atoms. The standard InChI is InChI=1S/C12H15N3O4.C7H8.C6H6/c1-18-10-3-2-8(7-14-10)6-9(13)11(16)15-4-5-19-12(15)17;1-7-5-3-2-4-6-7;1-2-4-6-5-3-1/h2-3,7,9H,4-6,13H2,1H3;2-6H,1H3;1-6H. The van der Waals surface area contributed by atoms with Crippen LogP contribution in [0.2, 0.25) is 0 Å². The number of nitrogens with zero attached hydrogens (tertiary/aromatic N) is 2. The van der Waals surface area contributed by atoms with Crippen LogP contribution in [0.25, 0.3) is 0 Å². The quantitative estimate of drug-likeness (QED) is 0.673. The molecule has 0 saturated carbocycles. The average Bonchev–Trinajstić information content (AvgIpc) is 3.27. The van der Waals surface area contributed by atoms with Gasteiger partial charge in [-0.3, -0.25) is 4.79 Å². The molecule has 2 heterocycles. The minimum absolute atomic E-state index is 0.224. The molecular formula is C25H29N3O4. The molecule has 2 N–H and O–H groups in total. The molecular weight excluding hydrogens is 406 g/mol. The van der Waals surface area contributed by atoms with Crippen LogP contribution in [0.5, 0.6) is 5.88 Å². The van der Waals surface area contributed by atoms with Crippen molar-refractivity contribution in [2.45, 2.75) is 19.4 Å². The van der Waals surface area contributed by atoms with Gasteiger partial charge in [0, 0.05) is 12.3 Å². The van der Waals surface area contributed by atoms with E-state index < -0.39 is 18.0 Å². The molecule has 1 aliphatic rings. The number of methoxy groups -OCH3 is 1. The first-order valence-electron chi connectivity index (χ1n) is 10.3. The zero-order valence-electron chi connectivity index (χ0n) is 18.4. The third kappa shape index (κ3) is 8.57. The lowest BCUT2D eigenvalue weighted by Gasteiger charge is -2.16. The van der Waals surface area contributed by atoms with Crippen molar-refractivity contribution in [1.29, 1.82) is 0 Å². The molecule has 3 aromatic rings. The number of aromatic nitrogens is 1. The number of hydrogen-bond donors (Lipinski definition) is 1. The lowest BCUT2D eigenvalue weighted by molar-refractivity contribution is -0.129. The molecule has 4 rings (SSSR count). The highest BCUT2D eigenvalue weighted by atomic mass is 16.6. The van der Waals surface area contributed by atoms with Gasteiger partial charge in [-0.1, -0.05) is 78.4 Å². The first-order chi connectivity index (χ1) is 15.5. The number of nitrogens with two attached hydrogens (primary N) is 1. The number of rotatable bonds is 4. The highest BCUT2D eigenvalue weighted by Crippen LogP contribution is 2.11. The molecule has 1 fully saturated rings. The van der Waals surface area contributed by atoms with Crippen molar-refractivity contribution in [3.63, 3.8) is 0 Å². The Labute approximate surface area is 188 Å². The van der Waals surface area contributed by atoms with Gasteiger partial charge in [0.25, 0.3) is 0 Å². The van der Waals surface area contributed by atoms with E-state index in [1.54, 1.807) is 18.3 Å². The summed E-state index contributed by atoms with van der Waals surface area (Å²) in [5.74, 6) is 0.0603. The third-order valence-electron chi connectivity index (χ3n) is 4.41. The zero-order valence-corrected chi connectivity index (χ0v) is 18.4. The Morgan fingerprint density at radius 2 is 1.66 bits per heavy atom. The fourth-order valence-electron chi connectivity index (χ4n) is 2.71. The number of carbonyl (C=O) groups excluding carboxylic acids is 2. The lowest BCUT2D eigenvalue weighted by atomic mass is 10.1. The Kier molecular flexibility index (Phi) is 10.4. The van der Waals surface area contributed by atoms with E-state index in [2.05, 4.69) is 24.0 Å². The smallest absolute Gasteiger partial charge is 0.416 e. The second kappa shape index (κ2) is 13.6.